The van der Waals surface area contributed by atoms with E-state index in [1.54, 1.807) is 0 Å². The van der Waals surface area contributed by atoms with Crippen LogP contribution in [0.25, 0.3) is 0 Å². The van der Waals surface area contributed by atoms with E-state index >= 15 is 0 Å². The van der Waals surface area contributed by atoms with Gasteiger partial charge in [0.15, 0.2) is 0 Å². The Balaban J connectivity index is -0.000000108. The van der Waals surface area contributed by atoms with Gasteiger partial charge in [0.1, 0.15) is 0 Å². The maximum absolute atomic E-state index is 8.48. The highest BCUT2D eigenvalue weighted by Gasteiger charge is 1.93. The standard InChI is InChI=1S/8C10H22.HO3P/c8*1-3-5-7-9-10-8-6-4-2;1-4(2)3/h8*3-10H2,1-2H3;(H,1,2,3)/p-1. The van der Waals surface area contributed by atoms with Crippen molar-refractivity contribution >= 4 is 8.25 Å². The van der Waals surface area contributed by atoms with Crippen LogP contribution in [0.3, 0.4) is 0 Å². The molecule has 0 N–H and O–H groups in total. The molecule has 0 saturated carbocycles. The first-order chi connectivity index (χ1) is 41.0. The fraction of sp³-hybridized carbons (Fsp3) is 1.00. The molecule has 0 amide bonds. The van der Waals surface area contributed by atoms with E-state index in [2.05, 4.69) is 111 Å². The van der Waals surface area contributed by atoms with Gasteiger partial charge in [0.2, 0.25) is 0 Å². The Morgan fingerprint density at radius 3 is 0.202 bits per heavy atom. The van der Waals surface area contributed by atoms with Crippen molar-refractivity contribution in [1.29, 1.82) is 0 Å². The highest BCUT2D eigenvalue weighted by molar-refractivity contribution is 7.27. The average Bonchev–Trinajstić information content (AvgIpc) is 3.49. The summed E-state index contributed by atoms with van der Waals surface area (Å²) in [4.78, 5) is 17.0. The summed E-state index contributed by atoms with van der Waals surface area (Å²) in [5.41, 5.74) is 0. The van der Waals surface area contributed by atoms with Crippen LogP contribution in [-0.2, 0) is 4.57 Å². The SMILES string of the molecule is CCCCCCCCCC.CCCCCCCCCC.CCCCCCCCCC.CCCCCCCCCC.CCCCCCCCCC.CCCCCCCCCC.CCCCCCCCCC.CCCCCCCCCC.O=[P+]([O-])[O-]. The zero-order chi connectivity index (χ0) is 64.8. The molecule has 0 aliphatic rings. The van der Waals surface area contributed by atoms with Crippen molar-refractivity contribution in [1.82, 2.24) is 0 Å². The molecule has 0 heterocycles. The van der Waals surface area contributed by atoms with Gasteiger partial charge in [-0.3, -0.25) is 0 Å². The lowest BCUT2D eigenvalue weighted by Gasteiger charge is -1.97. The molecule has 0 unspecified atom stereocenters. The minimum absolute atomic E-state index is 1.37. The fourth-order valence-corrected chi connectivity index (χ4v) is 9.66. The van der Waals surface area contributed by atoms with Gasteiger partial charge >= 0.3 is 0 Å². The molecule has 0 aromatic carbocycles. The van der Waals surface area contributed by atoms with Crippen LogP contribution in [0.5, 0.6) is 0 Å². The molecular formula is C80H176O3P-. The minimum Gasteiger partial charge on any atom is -0.598 e. The van der Waals surface area contributed by atoms with Crippen LogP contribution in [0.1, 0.15) is 522 Å². The van der Waals surface area contributed by atoms with Crippen LogP contribution in [-0.4, -0.2) is 0 Å². The molecule has 0 fully saturated rings. The van der Waals surface area contributed by atoms with Gasteiger partial charge in [-0.05, 0) is 0 Å². The first-order valence-electron chi connectivity index (χ1n) is 39.9. The van der Waals surface area contributed by atoms with Crippen molar-refractivity contribution in [3.05, 3.63) is 0 Å². The Labute approximate surface area is 541 Å². The van der Waals surface area contributed by atoms with Gasteiger partial charge in [-0.15, -0.1) is 0 Å². The Kier molecular flexibility index (Phi) is 152. The summed E-state index contributed by atoms with van der Waals surface area (Å²) in [5.74, 6) is 0. The number of hydrogen-bond donors (Lipinski definition) is 0. The van der Waals surface area contributed by atoms with E-state index in [1.807, 2.05) is 0 Å². The van der Waals surface area contributed by atoms with Crippen LogP contribution in [0.2, 0.25) is 0 Å². The van der Waals surface area contributed by atoms with Gasteiger partial charge in [-0.1, -0.05) is 526 Å². The van der Waals surface area contributed by atoms with Crippen LogP contribution in [0.4, 0.5) is 0 Å². The summed E-state index contributed by atoms with van der Waals surface area (Å²) in [7, 11) is -3.37. The summed E-state index contributed by atoms with van der Waals surface area (Å²) in [5, 5.41) is 0. The molecule has 0 aliphatic carbocycles. The average molecular weight is 1220 g/mol. The van der Waals surface area contributed by atoms with Gasteiger partial charge in [0, 0.05) is 0 Å². The maximum Gasteiger partial charge on any atom is 0.276 e. The summed E-state index contributed by atoms with van der Waals surface area (Å²) in [6, 6.07) is 0. The first-order valence-corrected chi connectivity index (χ1v) is 41.0. The van der Waals surface area contributed by atoms with Gasteiger partial charge in [-0.2, -0.15) is 0 Å². The van der Waals surface area contributed by atoms with Crippen molar-refractivity contribution in [3.8, 4) is 0 Å². The molecule has 84 heavy (non-hydrogen) atoms. The van der Waals surface area contributed by atoms with Crippen molar-refractivity contribution < 1.29 is 14.4 Å². The summed E-state index contributed by atoms with van der Waals surface area (Å²) in [6.07, 6.45) is 91.7. The smallest absolute Gasteiger partial charge is 0.276 e. The molecule has 0 bridgehead atoms. The highest BCUT2D eigenvalue weighted by Crippen LogP contribution is 2.13. The molecule has 0 spiro atoms. The maximum atomic E-state index is 8.48. The molecule has 520 valence electrons. The molecule has 0 aliphatic heterocycles. The van der Waals surface area contributed by atoms with Crippen molar-refractivity contribution in [2.24, 2.45) is 0 Å². The summed E-state index contributed by atoms with van der Waals surface area (Å²) < 4.78 is 8.48. The van der Waals surface area contributed by atoms with E-state index in [9.17, 15) is 0 Å². The zero-order valence-corrected chi connectivity index (χ0v) is 63.8. The molecule has 0 atom stereocenters. The van der Waals surface area contributed by atoms with Gasteiger partial charge < -0.3 is 9.79 Å². The third-order valence-electron chi connectivity index (χ3n) is 15.7. The van der Waals surface area contributed by atoms with Crippen molar-refractivity contribution in [2.45, 2.75) is 522 Å². The molecule has 4 heteroatoms. The van der Waals surface area contributed by atoms with E-state index in [4.69, 9.17) is 14.4 Å². The molecule has 0 rings (SSSR count). The van der Waals surface area contributed by atoms with E-state index in [0.717, 1.165) is 0 Å². The first kappa shape index (κ1) is 103. The lowest BCUT2D eigenvalue weighted by molar-refractivity contribution is -0.297. The van der Waals surface area contributed by atoms with Gasteiger partial charge in [-0.25, -0.2) is 0 Å². The second-order valence-corrected chi connectivity index (χ2v) is 25.6. The predicted molar refractivity (Wildman–Crippen MR) is 394 cm³/mol. The van der Waals surface area contributed by atoms with Crippen LogP contribution in [0.15, 0.2) is 0 Å². The third-order valence-corrected chi connectivity index (χ3v) is 15.7. The van der Waals surface area contributed by atoms with Gasteiger partial charge in [0.05, 0.1) is 0 Å². The van der Waals surface area contributed by atoms with E-state index in [1.165, 1.54) is 411 Å². The van der Waals surface area contributed by atoms with Crippen LogP contribution >= 0.6 is 8.25 Å². The Morgan fingerprint density at radius 1 is 0.131 bits per heavy atom. The summed E-state index contributed by atoms with van der Waals surface area (Å²) in [6.45, 7) is 36.3. The number of hydrogen-bond acceptors (Lipinski definition) is 3. The molecule has 3 nitrogen and oxygen atoms in total. The number of rotatable bonds is 56. The van der Waals surface area contributed by atoms with Gasteiger partial charge in [0.25, 0.3) is 8.25 Å². The number of unbranched alkanes of at least 4 members (excludes halogenated alkanes) is 56. The Morgan fingerprint density at radius 2 is 0.167 bits per heavy atom. The van der Waals surface area contributed by atoms with Crippen LogP contribution in [0, 0.1) is 0 Å². The molecular weight excluding hydrogens is 1040 g/mol. The monoisotopic (exact) mass is 1220 g/mol. The minimum atomic E-state index is -3.37. The quantitative estimate of drug-likeness (QED) is 0.0450. The fourth-order valence-electron chi connectivity index (χ4n) is 9.66. The topological polar surface area (TPSA) is 63.2 Å². The van der Waals surface area contributed by atoms with E-state index < -0.39 is 8.25 Å². The van der Waals surface area contributed by atoms with Crippen molar-refractivity contribution in [2.75, 3.05) is 0 Å². The van der Waals surface area contributed by atoms with E-state index in [-0.39, 0.29) is 0 Å². The third kappa shape index (κ3) is 172. The van der Waals surface area contributed by atoms with E-state index in [0.29, 0.717) is 0 Å². The van der Waals surface area contributed by atoms with Crippen LogP contribution < -0.4 is 9.79 Å². The van der Waals surface area contributed by atoms with Crippen molar-refractivity contribution in [3.63, 3.8) is 0 Å². The second kappa shape index (κ2) is 124. The molecule has 0 saturated heterocycles. The second-order valence-electron chi connectivity index (χ2n) is 25.2. The predicted octanol–water partition coefficient (Wildman–Crippen LogP) is 31.5. The largest absolute Gasteiger partial charge is 0.598 e. The normalized spacial score (nSPS) is 10.0. The highest BCUT2D eigenvalue weighted by atomic mass is 31.1. The summed E-state index contributed by atoms with van der Waals surface area (Å²) >= 11 is 0. The molecule has 0 aromatic rings. The zero-order valence-electron chi connectivity index (χ0n) is 62.9. The lowest BCUT2D eigenvalue weighted by atomic mass is 10.1. The molecule has 0 radical (unpaired) electrons. The lowest BCUT2D eigenvalue weighted by Crippen LogP contribution is -1.97. The Bertz CT molecular complexity index is 621. The molecule has 0 aromatic heterocycles. The Hall–Kier alpha value is 0.0200.